The number of benzene rings is 3. The molecule has 10 heteroatoms. The molecule has 3 aromatic carbocycles. The van der Waals surface area contributed by atoms with Crippen molar-refractivity contribution in [3.05, 3.63) is 112 Å². The number of rotatable bonds is 10. The highest BCUT2D eigenvalue weighted by molar-refractivity contribution is 7.22. The van der Waals surface area contributed by atoms with Crippen molar-refractivity contribution in [2.45, 2.75) is 19.6 Å². The van der Waals surface area contributed by atoms with Gasteiger partial charge in [0.1, 0.15) is 12.4 Å². The molecule has 3 heterocycles. The smallest absolute Gasteiger partial charge is 0.296 e. The van der Waals surface area contributed by atoms with Crippen LogP contribution in [0.5, 0.6) is 17.2 Å². The number of aliphatic hydroxyl groups is 1. The van der Waals surface area contributed by atoms with Crippen molar-refractivity contribution in [2.24, 2.45) is 0 Å². The zero-order valence-electron chi connectivity index (χ0n) is 22.8. The van der Waals surface area contributed by atoms with Crippen molar-refractivity contribution in [3.8, 4) is 17.2 Å². The monoisotopic (exact) mass is 598 g/mol. The van der Waals surface area contributed by atoms with E-state index in [1.165, 1.54) is 27.6 Å². The van der Waals surface area contributed by atoms with Crippen LogP contribution in [0.1, 0.15) is 33.8 Å². The number of hydrogen-bond donors (Lipinski definition) is 1. The third kappa shape index (κ3) is 5.10. The Morgan fingerprint density at radius 1 is 1.00 bits per heavy atom. The second kappa shape index (κ2) is 11.7. The predicted octanol–water partition coefficient (Wildman–Crippen LogP) is 7.13. The van der Waals surface area contributed by atoms with Crippen LogP contribution in [0.3, 0.4) is 0 Å². The summed E-state index contributed by atoms with van der Waals surface area (Å²) in [4.78, 5) is 33.9. The molecule has 0 spiro atoms. The number of carbonyl (C=O) groups is 2. The van der Waals surface area contributed by atoms with Crippen LogP contribution in [0.2, 0.25) is 0 Å². The first-order valence-corrected chi connectivity index (χ1v) is 14.9. The molecule has 1 atom stereocenters. The number of ether oxygens (including phenoxy) is 3. The molecule has 0 saturated carbocycles. The predicted molar refractivity (Wildman–Crippen MR) is 163 cm³/mol. The van der Waals surface area contributed by atoms with Crippen LogP contribution in [0.4, 0.5) is 5.13 Å². The van der Waals surface area contributed by atoms with E-state index >= 15 is 0 Å². The summed E-state index contributed by atoms with van der Waals surface area (Å²) in [5, 5.41) is 13.3. The number of amides is 1. The van der Waals surface area contributed by atoms with E-state index in [0.717, 1.165) is 10.3 Å². The minimum absolute atomic E-state index is 0.0142. The van der Waals surface area contributed by atoms with Crippen LogP contribution < -0.4 is 19.1 Å². The Balaban J connectivity index is 1.44. The molecule has 0 saturated heterocycles. The molecule has 5 aromatic rings. The van der Waals surface area contributed by atoms with Crippen molar-refractivity contribution in [1.29, 1.82) is 0 Å². The summed E-state index contributed by atoms with van der Waals surface area (Å²) in [5.74, 6) is -0.0863. The Hall–Kier alpha value is -4.67. The fraction of sp³-hybridized carbons (Fsp3) is 0.156. The lowest BCUT2D eigenvalue weighted by molar-refractivity contribution is -0.117. The van der Waals surface area contributed by atoms with Gasteiger partial charge in [-0.15, -0.1) is 11.3 Å². The minimum atomic E-state index is -0.947. The number of anilines is 1. The number of aromatic nitrogens is 1. The summed E-state index contributed by atoms with van der Waals surface area (Å²) < 4.78 is 18.2. The molecular weight excluding hydrogens is 572 g/mol. The molecule has 1 amide bonds. The molecule has 1 aliphatic rings. The van der Waals surface area contributed by atoms with Crippen LogP contribution in [0.25, 0.3) is 10.2 Å². The summed E-state index contributed by atoms with van der Waals surface area (Å²) in [6.07, 6.45) is 0. The molecule has 1 N–H and O–H groups in total. The average molecular weight is 599 g/mol. The number of hydrogen-bond acceptors (Lipinski definition) is 9. The molecule has 0 aliphatic carbocycles. The van der Waals surface area contributed by atoms with Gasteiger partial charge in [-0.05, 0) is 59.8 Å². The van der Waals surface area contributed by atoms with Crippen LogP contribution in [-0.2, 0) is 11.4 Å². The van der Waals surface area contributed by atoms with Gasteiger partial charge in [-0.25, -0.2) is 4.98 Å². The molecule has 6 rings (SSSR count). The van der Waals surface area contributed by atoms with Crippen molar-refractivity contribution in [1.82, 2.24) is 4.98 Å². The van der Waals surface area contributed by atoms with E-state index in [1.807, 2.05) is 43.3 Å². The number of ketones is 1. The molecule has 0 radical (unpaired) electrons. The van der Waals surface area contributed by atoms with Gasteiger partial charge in [0, 0.05) is 0 Å². The van der Waals surface area contributed by atoms with Gasteiger partial charge in [0.25, 0.3) is 5.91 Å². The summed E-state index contributed by atoms with van der Waals surface area (Å²) in [6, 6.07) is 23.0. The molecule has 2 aromatic heterocycles. The first kappa shape index (κ1) is 27.5. The van der Waals surface area contributed by atoms with Crippen molar-refractivity contribution in [2.75, 3.05) is 18.6 Å². The maximum Gasteiger partial charge on any atom is 0.296 e. The standard InChI is InChI=1S/C32H26N2O6S2/c1-3-39-24-16-20(11-14-23(24)40-18-19-8-5-4-6-9-19)28-27(29(35)25-10-7-15-41-25)30(36)31(37)34(28)32-33-22-13-12-21(38-2)17-26(22)42-32/h4-17,28,36H,3,18H2,1-2H3. The molecule has 0 bridgehead atoms. The van der Waals surface area contributed by atoms with Gasteiger partial charge in [0.2, 0.25) is 5.78 Å². The topological polar surface area (TPSA) is 98.2 Å². The quantitative estimate of drug-likeness (QED) is 0.171. The van der Waals surface area contributed by atoms with Crippen molar-refractivity contribution >= 4 is 49.7 Å². The Bertz CT molecular complexity index is 1800. The molecule has 212 valence electrons. The molecule has 1 aliphatic heterocycles. The fourth-order valence-electron chi connectivity index (χ4n) is 4.83. The number of fused-ring (bicyclic) bond motifs is 1. The van der Waals surface area contributed by atoms with E-state index in [1.54, 1.807) is 55.0 Å². The Kier molecular flexibility index (Phi) is 7.64. The van der Waals surface area contributed by atoms with Gasteiger partial charge >= 0.3 is 0 Å². The number of methoxy groups -OCH3 is 1. The third-order valence-corrected chi connectivity index (χ3v) is 8.69. The lowest BCUT2D eigenvalue weighted by Crippen LogP contribution is -2.31. The third-order valence-electron chi connectivity index (χ3n) is 6.81. The van der Waals surface area contributed by atoms with E-state index in [4.69, 9.17) is 19.2 Å². The van der Waals surface area contributed by atoms with E-state index in [-0.39, 0.29) is 5.57 Å². The molecular formula is C32H26N2O6S2. The summed E-state index contributed by atoms with van der Waals surface area (Å²) in [7, 11) is 1.58. The number of carbonyl (C=O) groups excluding carboxylic acids is 2. The maximum absolute atomic E-state index is 13.7. The molecule has 42 heavy (non-hydrogen) atoms. The number of thiazole rings is 1. The first-order valence-electron chi connectivity index (χ1n) is 13.2. The van der Waals surface area contributed by atoms with E-state index in [0.29, 0.717) is 51.6 Å². The zero-order chi connectivity index (χ0) is 29.2. The number of Topliss-reactive ketones (excluding diaryl/α,β-unsaturated/α-hetero) is 1. The van der Waals surface area contributed by atoms with E-state index in [2.05, 4.69) is 0 Å². The summed E-state index contributed by atoms with van der Waals surface area (Å²) >= 11 is 2.52. The lowest BCUT2D eigenvalue weighted by atomic mass is 9.95. The van der Waals surface area contributed by atoms with Gasteiger partial charge in [-0.1, -0.05) is 53.8 Å². The Morgan fingerprint density at radius 2 is 1.83 bits per heavy atom. The van der Waals surface area contributed by atoms with Gasteiger partial charge in [-0.2, -0.15) is 0 Å². The van der Waals surface area contributed by atoms with Gasteiger partial charge < -0.3 is 19.3 Å². The van der Waals surface area contributed by atoms with Gasteiger partial charge in [-0.3, -0.25) is 14.5 Å². The van der Waals surface area contributed by atoms with Crippen LogP contribution in [0, 0.1) is 0 Å². The summed E-state index contributed by atoms with van der Waals surface area (Å²) in [5.41, 5.74) is 2.22. The Morgan fingerprint density at radius 3 is 2.57 bits per heavy atom. The molecule has 0 fully saturated rings. The largest absolute Gasteiger partial charge is 0.503 e. The highest BCUT2D eigenvalue weighted by Gasteiger charge is 2.46. The zero-order valence-corrected chi connectivity index (χ0v) is 24.4. The first-order chi connectivity index (χ1) is 20.5. The number of aliphatic hydroxyl groups excluding tert-OH is 1. The van der Waals surface area contributed by atoms with Gasteiger partial charge in [0.05, 0.1) is 40.4 Å². The van der Waals surface area contributed by atoms with Crippen molar-refractivity contribution in [3.63, 3.8) is 0 Å². The van der Waals surface area contributed by atoms with Gasteiger partial charge in [0.15, 0.2) is 22.4 Å². The minimum Gasteiger partial charge on any atom is -0.503 e. The fourth-order valence-corrected chi connectivity index (χ4v) is 6.53. The Labute approximate surface area is 250 Å². The van der Waals surface area contributed by atoms with E-state index in [9.17, 15) is 14.7 Å². The second-order valence-electron chi connectivity index (χ2n) is 9.39. The van der Waals surface area contributed by atoms with Crippen LogP contribution >= 0.6 is 22.7 Å². The second-order valence-corrected chi connectivity index (χ2v) is 11.3. The highest BCUT2D eigenvalue weighted by atomic mass is 32.1. The normalized spacial score (nSPS) is 15.0. The summed E-state index contributed by atoms with van der Waals surface area (Å²) in [6.45, 7) is 2.58. The molecule has 1 unspecified atom stereocenters. The average Bonchev–Trinajstić information content (AvgIpc) is 3.75. The number of nitrogens with zero attached hydrogens (tertiary/aromatic N) is 2. The van der Waals surface area contributed by atoms with Crippen LogP contribution in [-0.4, -0.2) is 35.5 Å². The lowest BCUT2D eigenvalue weighted by Gasteiger charge is -2.25. The SMILES string of the molecule is CCOc1cc(C2C(C(=O)c3cccs3)=C(O)C(=O)N2c2nc3ccc(OC)cc3s2)ccc1OCc1ccccc1. The molecule has 8 nitrogen and oxygen atoms in total. The van der Waals surface area contributed by atoms with Crippen LogP contribution in [0.15, 0.2) is 95.6 Å². The maximum atomic E-state index is 13.7. The number of thiophene rings is 1. The van der Waals surface area contributed by atoms with Crippen molar-refractivity contribution < 1.29 is 28.9 Å². The van der Waals surface area contributed by atoms with E-state index < -0.39 is 23.5 Å². The highest BCUT2D eigenvalue weighted by Crippen LogP contribution is 2.46.